The normalized spacial score (nSPS) is 13.2. The number of imidazole rings is 1. The van der Waals surface area contributed by atoms with Crippen LogP contribution in [-0.2, 0) is 0 Å². The van der Waals surface area contributed by atoms with E-state index in [0.717, 1.165) is 29.8 Å². The molecule has 0 aliphatic rings. The van der Waals surface area contributed by atoms with Crippen LogP contribution in [0.2, 0.25) is 0 Å². The molecule has 0 radical (unpaired) electrons. The molecule has 1 aromatic heterocycles. The molecule has 0 fully saturated rings. The lowest BCUT2D eigenvalue weighted by Crippen LogP contribution is -2.16. The highest BCUT2D eigenvalue weighted by atomic mass is 14.9. The Labute approximate surface area is 96.3 Å². The van der Waals surface area contributed by atoms with Crippen LogP contribution in [-0.4, -0.2) is 23.6 Å². The summed E-state index contributed by atoms with van der Waals surface area (Å²) in [5, 5.41) is 3.24. The fraction of sp³-hybridized carbons (Fsp3) is 0.462. The van der Waals surface area contributed by atoms with Crippen molar-refractivity contribution in [2.75, 3.05) is 13.6 Å². The number of rotatable bonds is 4. The fourth-order valence-corrected chi connectivity index (χ4v) is 2.15. The minimum Gasteiger partial charge on any atom is -0.342 e. The second kappa shape index (κ2) is 4.66. The Morgan fingerprint density at radius 1 is 1.44 bits per heavy atom. The minimum atomic E-state index is 0.581. The maximum Gasteiger partial charge on any atom is 0.104 e. The third kappa shape index (κ3) is 2.09. The lowest BCUT2D eigenvalue weighted by molar-refractivity contribution is 0.612. The maximum atomic E-state index is 4.41. The van der Waals surface area contributed by atoms with E-state index in [9.17, 15) is 0 Å². The molecule has 2 aromatic rings. The number of aromatic amines is 1. The van der Waals surface area contributed by atoms with E-state index in [0.29, 0.717) is 5.92 Å². The molecule has 0 saturated heterocycles. The molecule has 2 N–H and O–H groups in total. The van der Waals surface area contributed by atoms with Crippen LogP contribution >= 0.6 is 0 Å². The minimum absolute atomic E-state index is 0.581. The molecule has 1 heterocycles. The largest absolute Gasteiger partial charge is 0.342 e. The van der Waals surface area contributed by atoms with Gasteiger partial charge in [-0.15, -0.1) is 0 Å². The molecule has 3 nitrogen and oxygen atoms in total. The van der Waals surface area contributed by atoms with E-state index in [4.69, 9.17) is 0 Å². The summed E-state index contributed by atoms with van der Waals surface area (Å²) in [6.45, 7) is 5.24. The number of hydrogen-bond donors (Lipinski definition) is 2. The molecule has 0 spiro atoms. The topological polar surface area (TPSA) is 40.7 Å². The first-order valence-corrected chi connectivity index (χ1v) is 5.85. The summed E-state index contributed by atoms with van der Waals surface area (Å²) < 4.78 is 0. The van der Waals surface area contributed by atoms with E-state index in [1.54, 1.807) is 0 Å². The van der Waals surface area contributed by atoms with E-state index in [-0.39, 0.29) is 0 Å². The number of fused-ring (bicyclic) bond motifs is 1. The number of H-pyrrole nitrogens is 1. The van der Waals surface area contributed by atoms with E-state index in [1.807, 2.05) is 14.0 Å². The highest BCUT2D eigenvalue weighted by molar-refractivity contribution is 5.76. The summed E-state index contributed by atoms with van der Waals surface area (Å²) in [5.41, 5.74) is 3.58. The molecule has 16 heavy (non-hydrogen) atoms. The van der Waals surface area contributed by atoms with E-state index < -0.39 is 0 Å². The van der Waals surface area contributed by atoms with Gasteiger partial charge in [0, 0.05) is 6.54 Å². The first kappa shape index (κ1) is 11.1. The zero-order chi connectivity index (χ0) is 11.5. The highest BCUT2D eigenvalue weighted by Gasteiger charge is 2.09. The Bertz CT molecular complexity index is 473. The summed E-state index contributed by atoms with van der Waals surface area (Å²) in [7, 11) is 2.00. The Hall–Kier alpha value is -1.35. The Morgan fingerprint density at radius 3 is 2.94 bits per heavy atom. The fourth-order valence-electron chi connectivity index (χ4n) is 2.15. The van der Waals surface area contributed by atoms with Gasteiger partial charge in [0.1, 0.15) is 5.82 Å². The van der Waals surface area contributed by atoms with Crippen molar-refractivity contribution in [3.8, 4) is 0 Å². The Balaban J connectivity index is 2.36. The van der Waals surface area contributed by atoms with Crippen LogP contribution in [0.5, 0.6) is 0 Å². The molecule has 0 aliphatic heterocycles. The molecule has 1 atom stereocenters. The van der Waals surface area contributed by atoms with Gasteiger partial charge in [0.2, 0.25) is 0 Å². The second-order valence-corrected chi connectivity index (χ2v) is 4.26. The van der Waals surface area contributed by atoms with Crippen LogP contribution in [0, 0.1) is 6.92 Å². The number of likely N-dealkylation sites (N-methyl/N-ethyl adjacent to an activating group) is 1. The molecular weight excluding hydrogens is 198 g/mol. The average molecular weight is 217 g/mol. The van der Waals surface area contributed by atoms with Gasteiger partial charge < -0.3 is 10.3 Å². The molecule has 2 rings (SSSR count). The van der Waals surface area contributed by atoms with Gasteiger partial charge in [-0.1, -0.05) is 13.0 Å². The van der Waals surface area contributed by atoms with Gasteiger partial charge in [0.05, 0.1) is 11.0 Å². The number of nitrogens with zero attached hydrogens (tertiary/aromatic N) is 1. The number of aromatic nitrogens is 2. The van der Waals surface area contributed by atoms with Crippen molar-refractivity contribution in [2.45, 2.75) is 26.2 Å². The predicted molar refractivity (Wildman–Crippen MR) is 67.8 cm³/mol. The highest BCUT2D eigenvalue weighted by Crippen LogP contribution is 2.22. The number of aryl methyl sites for hydroxylation is 1. The third-order valence-corrected chi connectivity index (χ3v) is 3.04. The SMILES string of the molecule is CCC(CNC)c1ccc2nc(C)[nH]c2c1. The van der Waals surface area contributed by atoms with Gasteiger partial charge in [-0.05, 0) is 44.0 Å². The van der Waals surface area contributed by atoms with Crippen LogP contribution in [0.25, 0.3) is 11.0 Å². The summed E-state index contributed by atoms with van der Waals surface area (Å²) in [6, 6.07) is 6.52. The molecule has 0 bridgehead atoms. The summed E-state index contributed by atoms with van der Waals surface area (Å²) in [4.78, 5) is 7.70. The Kier molecular flexibility index (Phi) is 3.25. The zero-order valence-corrected chi connectivity index (χ0v) is 10.2. The van der Waals surface area contributed by atoms with Crippen molar-refractivity contribution in [3.63, 3.8) is 0 Å². The van der Waals surface area contributed by atoms with E-state index in [1.165, 1.54) is 5.56 Å². The lowest BCUT2D eigenvalue weighted by atomic mass is 9.96. The van der Waals surface area contributed by atoms with Crippen molar-refractivity contribution < 1.29 is 0 Å². The van der Waals surface area contributed by atoms with Gasteiger partial charge in [0.25, 0.3) is 0 Å². The van der Waals surface area contributed by atoms with Crippen LogP contribution in [0.4, 0.5) is 0 Å². The van der Waals surface area contributed by atoms with E-state index in [2.05, 4.69) is 40.4 Å². The summed E-state index contributed by atoms with van der Waals surface area (Å²) in [6.07, 6.45) is 1.15. The van der Waals surface area contributed by atoms with Crippen LogP contribution < -0.4 is 5.32 Å². The molecule has 0 amide bonds. The summed E-state index contributed by atoms with van der Waals surface area (Å²) in [5.74, 6) is 1.56. The number of benzene rings is 1. The molecule has 1 aromatic carbocycles. The number of nitrogens with one attached hydrogen (secondary N) is 2. The van der Waals surface area contributed by atoms with E-state index >= 15 is 0 Å². The standard InChI is InChI=1S/C13H19N3/c1-4-10(8-14-3)11-5-6-12-13(7-11)16-9(2)15-12/h5-7,10,14H,4,8H2,1-3H3,(H,15,16). The molecule has 3 heteroatoms. The maximum absolute atomic E-state index is 4.41. The van der Waals surface area contributed by atoms with Crippen molar-refractivity contribution in [1.29, 1.82) is 0 Å². The van der Waals surface area contributed by atoms with Crippen molar-refractivity contribution >= 4 is 11.0 Å². The smallest absolute Gasteiger partial charge is 0.104 e. The van der Waals surface area contributed by atoms with Crippen LogP contribution in [0.15, 0.2) is 18.2 Å². The summed E-state index contributed by atoms with van der Waals surface area (Å²) >= 11 is 0. The van der Waals surface area contributed by atoms with Gasteiger partial charge >= 0.3 is 0 Å². The quantitative estimate of drug-likeness (QED) is 0.826. The average Bonchev–Trinajstić information content (AvgIpc) is 2.64. The lowest BCUT2D eigenvalue weighted by Gasteiger charge is -2.14. The molecule has 1 unspecified atom stereocenters. The second-order valence-electron chi connectivity index (χ2n) is 4.26. The monoisotopic (exact) mass is 217 g/mol. The van der Waals surface area contributed by atoms with Crippen LogP contribution in [0.3, 0.4) is 0 Å². The number of hydrogen-bond acceptors (Lipinski definition) is 2. The first-order chi connectivity index (χ1) is 7.74. The Morgan fingerprint density at radius 2 is 2.25 bits per heavy atom. The molecule has 86 valence electrons. The molecular formula is C13H19N3. The first-order valence-electron chi connectivity index (χ1n) is 5.85. The van der Waals surface area contributed by atoms with Crippen molar-refractivity contribution in [2.24, 2.45) is 0 Å². The molecule has 0 aliphatic carbocycles. The van der Waals surface area contributed by atoms with Crippen molar-refractivity contribution in [1.82, 2.24) is 15.3 Å². The van der Waals surface area contributed by atoms with Gasteiger partial charge in [-0.2, -0.15) is 0 Å². The van der Waals surface area contributed by atoms with Crippen molar-refractivity contribution in [3.05, 3.63) is 29.6 Å². The van der Waals surface area contributed by atoms with Gasteiger partial charge in [0.15, 0.2) is 0 Å². The predicted octanol–water partition coefficient (Wildman–Crippen LogP) is 2.58. The molecule has 0 saturated carbocycles. The third-order valence-electron chi connectivity index (χ3n) is 3.04. The van der Waals surface area contributed by atoms with Gasteiger partial charge in [-0.3, -0.25) is 0 Å². The van der Waals surface area contributed by atoms with Gasteiger partial charge in [-0.25, -0.2) is 4.98 Å². The zero-order valence-electron chi connectivity index (χ0n) is 10.2. The van der Waals surface area contributed by atoms with Crippen LogP contribution in [0.1, 0.15) is 30.7 Å².